The molecule has 0 fully saturated rings. The van der Waals surface area contributed by atoms with Gasteiger partial charge in [-0.3, -0.25) is 9.20 Å². The average Bonchev–Trinajstić information content (AvgIpc) is 2.48. The van der Waals surface area contributed by atoms with Gasteiger partial charge in [0.2, 0.25) is 0 Å². The summed E-state index contributed by atoms with van der Waals surface area (Å²) in [7, 11) is 0. The summed E-state index contributed by atoms with van der Waals surface area (Å²) in [5, 5.41) is 0. The van der Waals surface area contributed by atoms with E-state index in [1.165, 1.54) is 0 Å². The molecule has 0 aliphatic heterocycles. The molecule has 2 heterocycles. The highest BCUT2D eigenvalue weighted by molar-refractivity contribution is 5.69. The maximum Gasteiger partial charge on any atom is 0.265 e. The maximum atomic E-state index is 12.2. The number of pyridine rings is 1. The smallest absolute Gasteiger partial charge is 0.265 e. The van der Waals surface area contributed by atoms with Gasteiger partial charge in [-0.1, -0.05) is 42.5 Å². The highest BCUT2D eigenvalue weighted by atomic mass is 16.1. The lowest BCUT2D eigenvalue weighted by Gasteiger charge is -2.00. The normalized spacial score (nSPS) is 11.2. The van der Waals surface area contributed by atoms with Crippen LogP contribution in [0.3, 0.4) is 0 Å². The van der Waals surface area contributed by atoms with E-state index in [0.29, 0.717) is 11.2 Å². The molecule has 19 heavy (non-hydrogen) atoms. The van der Waals surface area contributed by atoms with E-state index in [0.717, 1.165) is 5.56 Å². The fourth-order valence-corrected chi connectivity index (χ4v) is 1.91. The van der Waals surface area contributed by atoms with Crippen molar-refractivity contribution in [3.8, 4) is 0 Å². The van der Waals surface area contributed by atoms with Crippen LogP contribution in [0.15, 0.2) is 65.7 Å². The maximum absolute atomic E-state index is 12.2. The zero-order valence-electron chi connectivity index (χ0n) is 10.2. The molecule has 0 aliphatic rings. The molecule has 3 rings (SSSR count). The lowest BCUT2D eigenvalue weighted by atomic mass is 10.2. The van der Waals surface area contributed by atoms with Crippen LogP contribution in [0.5, 0.6) is 0 Å². The molecule has 3 nitrogen and oxygen atoms in total. The molecule has 0 atom stereocenters. The van der Waals surface area contributed by atoms with Gasteiger partial charge in [-0.15, -0.1) is 0 Å². The Bertz CT molecular complexity index is 788. The minimum absolute atomic E-state index is 0.0576. The van der Waals surface area contributed by atoms with Gasteiger partial charge in [-0.25, -0.2) is 4.98 Å². The molecule has 0 radical (unpaired) electrons. The van der Waals surface area contributed by atoms with E-state index in [9.17, 15) is 4.79 Å². The van der Waals surface area contributed by atoms with E-state index in [1.54, 1.807) is 22.9 Å². The topological polar surface area (TPSA) is 34.4 Å². The third-order valence-corrected chi connectivity index (χ3v) is 2.89. The molecule has 3 aromatic rings. The van der Waals surface area contributed by atoms with Crippen LogP contribution >= 0.6 is 0 Å². The summed E-state index contributed by atoms with van der Waals surface area (Å²) in [4.78, 5) is 16.5. The number of hydrogen-bond donors (Lipinski definition) is 0. The number of nitrogens with zero attached hydrogens (tertiary/aromatic N) is 2. The molecule has 0 saturated carbocycles. The molecule has 0 saturated heterocycles. The first kappa shape index (κ1) is 11.4. The molecule has 2 aromatic heterocycles. The molecule has 0 aliphatic carbocycles. The second-order valence-electron chi connectivity index (χ2n) is 4.19. The van der Waals surface area contributed by atoms with Gasteiger partial charge in [0, 0.05) is 12.4 Å². The third kappa shape index (κ3) is 2.31. The highest BCUT2D eigenvalue weighted by Gasteiger charge is 2.00. The van der Waals surface area contributed by atoms with Crippen molar-refractivity contribution in [1.29, 1.82) is 0 Å². The van der Waals surface area contributed by atoms with Gasteiger partial charge in [0.25, 0.3) is 5.56 Å². The number of benzene rings is 1. The third-order valence-electron chi connectivity index (χ3n) is 2.89. The quantitative estimate of drug-likeness (QED) is 0.699. The fraction of sp³-hybridized carbons (Fsp3) is 0. The van der Waals surface area contributed by atoms with E-state index in [2.05, 4.69) is 4.98 Å². The SMILES string of the molecule is O=c1c(/C=C/c2ccccc2)cnc2ccccn12. The Morgan fingerprint density at radius 1 is 0.947 bits per heavy atom. The van der Waals surface area contributed by atoms with Crippen LogP contribution in [0.1, 0.15) is 11.1 Å². The molecule has 92 valence electrons. The second-order valence-corrected chi connectivity index (χ2v) is 4.19. The lowest BCUT2D eigenvalue weighted by Crippen LogP contribution is -2.16. The van der Waals surface area contributed by atoms with E-state index in [4.69, 9.17) is 0 Å². The fourth-order valence-electron chi connectivity index (χ4n) is 1.91. The van der Waals surface area contributed by atoms with E-state index < -0.39 is 0 Å². The van der Waals surface area contributed by atoms with Gasteiger partial charge >= 0.3 is 0 Å². The monoisotopic (exact) mass is 248 g/mol. The van der Waals surface area contributed by atoms with E-state index in [-0.39, 0.29) is 5.56 Å². The summed E-state index contributed by atoms with van der Waals surface area (Å²) in [6.07, 6.45) is 7.04. The zero-order chi connectivity index (χ0) is 13.1. The lowest BCUT2D eigenvalue weighted by molar-refractivity contribution is 1.04. The number of fused-ring (bicyclic) bond motifs is 1. The Hall–Kier alpha value is -2.68. The molecular formula is C16H12N2O. The Labute approximate surface area is 110 Å². The van der Waals surface area contributed by atoms with Crippen molar-refractivity contribution in [2.45, 2.75) is 0 Å². The van der Waals surface area contributed by atoms with Crippen molar-refractivity contribution in [2.24, 2.45) is 0 Å². The predicted molar refractivity (Wildman–Crippen MR) is 76.8 cm³/mol. The highest BCUT2D eigenvalue weighted by Crippen LogP contribution is 2.05. The largest absolute Gasteiger partial charge is 0.268 e. The minimum atomic E-state index is -0.0576. The number of rotatable bonds is 2. The van der Waals surface area contributed by atoms with Crippen molar-refractivity contribution < 1.29 is 0 Å². The van der Waals surface area contributed by atoms with Crippen LogP contribution in [-0.4, -0.2) is 9.38 Å². The zero-order valence-corrected chi connectivity index (χ0v) is 10.2. The van der Waals surface area contributed by atoms with Crippen molar-refractivity contribution in [2.75, 3.05) is 0 Å². The molecule has 0 unspecified atom stereocenters. The first-order chi connectivity index (χ1) is 9.34. The first-order valence-electron chi connectivity index (χ1n) is 6.04. The molecule has 0 bridgehead atoms. The van der Waals surface area contributed by atoms with Gasteiger partial charge in [0.15, 0.2) is 0 Å². The van der Waals surface area contributed by atoms with Gasteiger partial charge in [-0.05, 0) is 23.8 Å². The molecule has 3 heteroatoms. The predicted octanol–water partition coefficient (Wildman–Crippen LogP) is 2.86. The Morgan fingerprint density at radius 3 is 2.58 bits per heavy atom. The number of hydrogen-bond acceptors (Lipinski definition) is 2. The molecule has 0 spiro atoms. The van der Waals surface area contributed by atoms with Crippen LogP contribution in [0.25, 0.3) is 17.8 Å². The molecule has 0 amide bonds. The van der Waals surface area contributed by atoms with E-state index >= 15 is 0 Å². The van der Waals surface area contributed by atoms with Crippen LogP contribution in [0.4, 0.5) is 0 Å². The Morgan fingerprint density at radius 2 is 1.74 bits per heavy atom. The Balaban J connectivity index is 2.05. The van der Waals surface area contributed by atoms with Crippen molar-refractivity contribution in [3.63, 3.8) is 0 Å². The van der Waals surface area contributed by atoms with Crippen molar-refractivity contribution in [1.82, 2.24) is 9.38 Å². The van der Waals surface area contributed by atoms with Gasteiger partial charge in [0.1, 0.15) is 5.65 Å². The summed E-state index contributed by atoms with van der Waals surface area (Å²) < 4.78 is 1.55. The summed E-state index contributed by atoms with van der Waals surface area (Å²) in [6.45, 7) is 0. The van der Waals surface area contributed by atoms with Crippen LogP contribution in [0.2, 0.25) is 0 Å². The van der Waals surface area contributed by atoms with E-state index in [1.807, 2.05) is 54.6 Å². The summed E-state index contributed by atoms with van der Waals surface area (Å²) in [5.41, 5.74) is 2.23. The molecule has 0 N–H and O–H groups in total. The molecule has 1 aromatic carbocycles. The summed E-state index contributed by atoms with van der Waals surface area (Å²) >= 11 is 0. The summed E-state index contributed by atoms with van der Waals surface area (Å²) in [6, 6.07) is 15.4. The standard InChI is InChI=1S/C16H12N2O/c19-16-14(10-9-13-6-2-1-3-7-13)12-17-15-8-4-5-11-18(15)16/h1-12H/b10-9+. The van der Waals surface area contributed by atoms with Gasteiger partial charge in [-0.2, -0.15) is 0 Å². The number of aromatic nitrogens is 2. The summed E-state index contributed by atoms with van der Waals surface area (Å²) in [5.74, 6) is 0. The average molecular weight is 248 g/mol. The van der Waals surface area contributed by atoms with Crippen LogP contribution < -0.4 is 5.56 Å². The van der Waals surface area contributed by atoms with Crippen molar-refractivity contribution in [3.05, 3.63) is 82.4 Å². The minimum Gasteiger partial charge on any atom is -0.268 e. The van der Waals surface area contributed by atoms with Crippen LogP contribution in [0, 0.1) is 0 Å². The molecular weight excluding hydrogens is 236 g/mol. The van der Waals surface area contributed by atoms with Crippen LogP contribution in [-0.2, 0) is 0 Å². The van der Waals surface area contributed by atoms with Crippen molar-refractivity contribution >= 4 is 17.8 Å². The first-order valence-corrected chi connectivity index (χ1v) is 6.04. The Kier molecular flexibility index (Phi) is 2.94. The van der Waals surface area contributed by atoms with Gasteiger partial charge < -0.3 is 0 Å². The van der Waals surface area contributed by atoms with Gasteiger partial charge in [0.05, 0.1) is 5.56 Å². The second kappa shape index (κ2) is 4.90.